The van der Waals surface area contributed by atoms with Crippen molar-refractivity contribution in [2.45, 2.75) is 139 Å². The minimum atomic E-state index is -3.74. The van der Waals surface area contributed by atoms with Gasteiger partial charge in [0.1, 0.15) is 12.5 Å². The van der Waals surface area contributed by atoms with Crippen molar-refractivity contribution in [2.75, 3.05) is 13.1 Å². The molecule has 0 radical (unpaired) electrons. The topological polar surface area (TPSA) is 261 Å². The van der Waals surface area contributed by atoms with Gasteiger partial charge < -0.3 is 29.4 Å². The summed E-state index contributed by atoms with van der Waals surface area (Å²) >= 11 is 7.89. The highest BCUT2D eigenvalue weighted by Crippen LogP contribution is 2.42. The van der Waals surface area contributed by atoms with E-state index in [1.54, 1.807) is 81.8 Å². The van der Waals surface area contributed by atoms with E-state index in [0.29, 0.717) is 46.5 Å². The van der Waals surface area contributed by atoms with E-state index < -0.39 is 25.5 Å². The van der Waals surface area contributed by atoms with Gasteiger partial charge in [0.15, 0.2) is 0 Å². The Kier molecular flexibility index (Phi) is 19.9. The van der Waals surface area contributed by atoms with Crippen molar-refractivity contribution in [1.29, 1.82) is 0 Å². The maximum atomic E-state index is 13.0. The zero-order valence-corrected chi connectivity index (χ0v) is 44.4. The van der Waals surface area contributed by atoms with E-state index in [9.17, 15) is 26.4 Å². The second-order valence-electron chi connectivity index (χ2n) is 17.4. The number of sulfonamides is 2. The summed E-state index contributed by atoms with van der Waals surface area (Å²) in [5.74, 6) is 1.41. The number of benzene rings is 2. The fraction of sp³-hybridized carbons (Fsp3) is 0.458. The highest BCUT2D eigenvalue weighted by Gasteiger charge is 2.29. The van der Waals surface area contributed by atoms with Crippen LogP contribution in [0, 0.1) is 0 Å². The van der Waals surface area contributed by atoms with Crippen molar-refractivity contribution >= 4 is 65.8 Å². The summed E-state index contributed by atoms with van der Waals surface area (Å²) in [5, 5.41) is 4.97. The van der Waals surface area contributed by atoms with Gasteiger partial charge in [0.25, 0.3) is 0 Å². The third kappa shape index (κ3) is 15.5. The van der Waals surface area contributed by atoms with Crippen LogP contribution in [0.1, 0.15) is 115 Å². The van der Waals surface area contributed by atoms with Gasteiger partial charge >= 0.3 is 11.5 Å². The number of nitrogens with one attached hydrogen (secondary N) is 3. The number of aromatic nitrogens is 4. The van der Waals surface area contributed by atoms with E-state index in [-0.39, 0.29) is 52.6 Å². The fourth-order valence-corrected chi connectivity index (χ4v) is 13.2. The number of carbonyl (C=O) groups excluding carboxylic acids is 2. The summed E-state index contributed by atoms with van der Waals surface area (Å²) in [4.78, 5) is 41.2. The van der Waals surface area contributed by atoms with Gasteiger partial charge in [0, 0.05) is 83.3 Å². The molecule has 4 aromatic heterocycles. The third-order valence-electron chi connectivity index (χ3n) is 11.3. The molecular formula is C48H61ClN8O10S4. The highest BCUT2D eigenvalue weighted by atomic mass is 35.5. The van der Waals surface area contributed by atoms with Crippen molar-refractivity contribution in [3.05, 3.63) is 83.7 Å². The zero-order valence-electron chi connectivity index (χ0n) is 40.4. The van der Waals surface area contributed by atoms with Crippen LogP contribution in [0.3, 0.4) is 0 Å². The Balaban J connectivity index is 0.000000208. The second-order valence-corrected chi connectivity index (χ2v) is 23.3. The molecule has 0 aliphatic heterocycles. The number of rotatable bonds is 15. The van der Waals surface area contributed by atoms with Crippen LogP contribution in [0.4, 0.5) is 9.59 Å². The number of alkyl carbamates (subject to hydrolysis) is 1. The van der Waals surface area contributed by atoms with Crippen LogP contribution in [0.25, 0.3) is 43.8 Å². The minimum absolute atomic E-state index is 0.0940. The zero-order chi connectivity index (χ0) is 51.3. The Morgan fingerprint density at radius 1 is 0.690 bits per heavy atom. The lowest BCUT2D eigenvalue weighted by atomic mass is 9.86. The molecule has 0 atom stereocenters. The summed E-state index contributed by atoms with van der Waals surface area (Å²) in [5.41, 5.74) is 7.71. The SMILES string of the molecule is CC(C)OC(=O)Cl.CCNS(=O)(=O)c1cc(-c2ncco2)ccc1-c1cnc(C2CCC(N)CC2)s1.CCNS(=O)(=O)c1cc(-c2ncco2)ccc1-c1cnc(C2CCC(NC(=O)OC(C)C)CC2)s1. The molecule has 71 heavy (non-hydrogen) atoms. The Bertz CT molecular complexity index is 2870. The number of halogens is 1. The fourth-order valence-electron chi connectivity index (χ4n) is 8.08. The third-order valence-corrected chi connectivity index (χ3v) is 17.0. The lowest BCUT2D eigenvalue weighted by molar-refractivity contribution is 0.109. The van der Waals surface area contributed by atoms with Crippen LogP contribution in [0.2, 0.25) is 0 Å². The van der Waals surface area contributed by atoms with Crippen LogP contribution < -0.4 is 20.5 Å². The average molecular weight is 1070 g/mol. The van der Waals surface area contributed by atoms with Crippen molar-refractivity contribution in [2.24, 2.45) is 5.73 Å². The monoisotopic (exact) mass is 1070 g/mol. The Hall–Kier alpha value is -5.07. The number of carbonyl (C=O) groups is 2. The lowest BCUT2D eigenvalue weighted by Gasteiger charge is -2.28. The maximum absolute atomic E-state index is 13.0. The first-order valence-corrected chi connectivity index (χ1v) is 28.4. The molecule has 0 bridgehead atoms. The van der Waals surface area contributed by atoms with Crippen molar-refractivity contribution < 1.29 is 44.7 Å². The number of nitrogens with two attached hydrogens (primary N) is 1. The standard InChI is InChI=1S/C24H30N4O5S2.C20H24N4O3S2.C4H7ClO2/c1-4-27-35(30,31)21-13-17(22-25-11-12-32-22)7-10-19(21)20-14-26-23(34-20)16-5-8-18(9-6-16)28-24(29)33-15(2)3;1-2-24-29(25,26)18-11-14(19-22-9-10-27-19)5-8-16(18)17-12-23-20(28-17)13-3-6-15(21)7-4-13;1-3(2)7-4(5)6/h7,10-16,18,27H,4-6,8-9H2,1-3H3,(H,28,29);5,8-13,15,24H,2-4,6-7,21H2,1H3;3H,1-2H3. The number of nitrogens with zero attached hydrogens (tertiary/aromatic N) is 4. The van der Waals surface area contributed by atoms with E-state index in [2.05, 4.69) is 39.4 Å². The second kappa shape index (κ2) is 25.5. The normalized spacial score (nSPS) is 18.2. The van der Waals surface area contributed by atoms with Crippen LogP contribution in [-0.2, 0) is 29.5 Å². The van der Waals surface area contributed by atoms with Gasteiger partial charge in [-0.15, -0.1) is 22.7 Å². The summed E-state index contributed by atoms with van der Waals surface area (Å²) in [6.45, 7) is 11.2. The molecule has 0 saturated heterocycles. The highest BCUT2D eigenvalue weighted by molar-refractivity contribution is 7.90. The molecule has 4 heterocycles. The number of ether oxygens (including phenoxy) is 2. The number of oxazole rings is 2. The number of thiazole rings is 2. The predicted molar refractivity (Wildman–Crippen MR) is 274 cm³/mol. The van der Waals surface area contributed by atoms with Gasteiger partial charge in [-0.3, -0.25) is 0 Å². The van der Waals surface area contributed by atoms with Gasteiger partial charge in [0.2, 0.25) is 31.8 Å². The molecule has 18 nitrogen and oxygen atoms in total. The summed E-state index contributed by atoms with van der Waals surface area (Å²) in [6, 6.07) is 10.8. The predicted octanol–water partition coefficient (Wildman–Crippen LogP) is 10.4. The smallest absolute Gasteiger partial charge is 0.407 e. The summed E-state index contributed by atoms with van der Waals surface area (Å²) in [6.07, 6.45) is 16.4. The summed E-state index contributed by atoms with van der Waals surface area (Å²) in [7, 11) is -7.42. The van der Waals surface area contributed by atoms with Crippen LogP contribution in [0.5, 0.6) is 0 Å². The first-order chi connectivity index (χ1) is 33.9. The maximum Gasteiger partial charge on any atom is 0.407 e. The molecular weight excluding hydrogens is 1010 g/mol. The largest absolute Gasteiger partial charge is 0.451 e. The van der Waals surface area contributed by atoms with Crippen LogP contribution in [0.15, 0.2) is 92.3 Å². The van der Waals surface area contributed by atoms with Gasteiger partial charge in [-0.25, -0.2) is 55.8 Å². The van der Waals surface area contributed by atoms with Crippen LogP contribution in [-0.4, -0.2) is 85.7 Å². The van der Waals surface area contributed by atoms with Crippen LogP contribution >= 0.6 is 34.3 Å². The molecule has 0 spiro atoms. The molecule has 2 saturated carbocycles. The quantitative estimate of drug-likeness (QED) is 0.0697. The van der Waals surface area contributed by atoms with E-state index in [1.165, 1.54) is 36.3 Å². The van der Waals surface area contributed by atoms with Crippen molar-refractivity contribution in [1.82, 2.24) is 34.7 Å². The first-order valence-electron chi connectivity index (χ1n) is 23.4. The molecule has 2 aliphatic rings. The van der Waals surface area contributed by atoms with Crippen molar-refractivity contribution in [3.63, 3.8) is 0 Å². The van der Waals surface area contributed by atoms with E-state index in [4.69, 9.17) is 30.9 Å². The lowest BCUT2D eigenvalue weighted by Crippen LogP contribution is -2.38. The minimum Gasteiger partial charge on any atom is -0.451 e. The van der Waals surface area contributed by atoms with Gasteiger partial charge in [-0.05, 0) is 103 Å². The Morgan fingerprint density at radius 2 is 1.13 bits per heavy atom. The van der Waals surface area contributed by atoms with E-state index in [1.807, 2.05) is 19.9 Å². The number of hydrogen-bond donors (Lipinski definition) is 4. The molecule has 2 aliphatic carbocycles. The molecule has 23 heteroatoms. The average Bonchev–Trinajstić information content (AvgIpc) is 4.18. The van der Waals surface area contributed by atoms with E-state index >= 15 is 0 Å². The molecule has 1 amide bonds. The number of amides is 1. The summed E-state index contributed by atoms with van der Waals surface area (Å²) < 4.78 is 77.3. The van der Waals surface area contributed by atoms with Gasteiger partial charge in [0.05, 0.1) is 54.2 Å². The first kappa shape index (κ1) is 55.2. The molecule has 384 valence electrons. The molecule has 5 N–H and O–H groups in total. The number of hydrogen-bond acceptors (Lipinski definition) is 17. The Labute approximate surface area is 428 Å². The molecule has 0 unspecified atom stereocenters. The van der Waals surface area contributed by atoms with Gasteiger partial charge in [-0.1, -0.05) is 26.0 Å². The van der Waals surface area contributed by atoms with Gasteiger partial charge in [-0.2, -0.15) is 0 Å². The molecule has 6 aromatic rings. The molecule has 2 aromatic carbocycles. The Morgan fingerprint density at radius 3 is 1.49 bits per heavy atom. The molecule has 8 rings (SSSR count). The van der Waals surface area contributed by atoms with Crippen molar-refractivity contribution in [3.8, 4) is 43.8 Å². The van der Waals surface area contributed by atoms with E-state index in [0.717, 1.165) is 71.1 Å². The molecule has 2 fully saturated rings.